The monoisotopic (exact) mass is 552 g/mol. The fourth-order valence-corrected chi connectivity index (χ4v) is 6.81. The molecule has 206 valence electrons. The van der Waals surface area contributed by atoms with Gasteiger partial charge in [0, 0.05) is 11.8 Å². The van der Waals surface area contributed by atoms with Crippen LogP contribution in [0.2, 0.25) is 0 Å². The zero-order valence-electron chi connectivity index (χ0n) is 24.3. The van der Waals surface area contributed by atoms with Gasteiger partial charge in [-0.1, -0.05) is 115 Å². The predicted molar refractivity (Wildman–Crippen MR) is 185 cm³/mol. The van der Waals surface area contributed by atoms with Crippen LogP contribution in [0.15, 0.2) is 138 Å². The zero-order valence-corrected chi connectivity index (χ0v) is 24.3. The summed E-state index contributed by atoms with van der Waals surface area (Å²) >= 11 is 0. The van der Waals surface area contributed by atoms with Crippen molar-refractivity contribution in [1.82, 2.24) is 0 Å². The van der Waals surface area contributed by atoms with Gasteiger partial charge in [0.05, 0.1) is 17.1 Å². The van der Waals surface area contributed by atoms with Crippen LogP contribution >= 0.6 is 0 Å². The second kappa shape index (κ2) is 10.6. The molecule has 0 aliphatic carbocycles. The van der Waals surface area contributed by atoms with Crippen molar-refractivity contribution in [2.45, 2.75) is 32.6 Å². The minimum absolute atomic E-state index is 0.959. The molecule has 0 radical (unpaired) electrons. The highest BCUT2D eigenvalue weighted by atomic mass is 14.8. The van der Waals surface area contributed by atoms with Crippen LogP contribution in [-0.2, 0) is 0 Å². The summed E-state index contributed by atoms with van der Waals surface area (Å²) < 4.78 is 0. The molecular formula is C41H32N2. The highest BCUT2D eigenvalue weighted by Crippen LogP contribution is 2.44. The first-order chi connectivity index (χ1) is 21.2. The number of aliphatic imine (C=N–C) groups is 2. The highest BCUT2D eigenvalue weighted by molar-refractivity contribution is 6.43. The van der Waals surface area contributed by atoms with Gasteiger partial charge in [0.2, 0.25) is 0 Å². The summed E-state index contributed by atoms with van der Waals surface area (Å²) in [7, 11) is 0. The average Bonchev–Trinajstić information content (AvgIpc) is 3.07. The molecule has 43 heavy (non-hydrogen) atoms. The Morgan fingerprint density at radius 2 is 1.16 bits per heavy atom. The number of fused-ring (bicyclic) bond motifs is 3. The van der Waals surface area contributed by atoms with E-state index in [0.29, 0.717) is 0 Å². The molecule has 2 aliphatic heterocycles. The molecule has 8 rings (SSSR count). The largest absolute Gasteiger partial charge is 0.260 e. The van der Waals surface area contributed by atoms with Gasteiger partial charge in [-0.05, 0) is 99.3 Å². The molecule has 0 aromatic heterocycles. The maximum absolute atomic E-state index is 5.13. The fourth-order valence-electron chi connectivity index (χ4n) is 6.81. The van der Waals surface area contributed by atoms with Crippen molar-refractivity contribution in [3.05, 3.63) is 139 Å². The topological polar surface area (TPSA) is 24.7 Å². The first kappa shape index (κ1) is 25.6. The molecule has 0 atom stereocenters. The van der Waals surface area contributed by atoms with Gasteiger partial charge in [0.1, 0.15) is 0 Å². The molecule has 2 aliphatic rings. The summed E-state index contributed by atoms with van der Waals surface area (Å²) in [6.45, 7) is 2.15. The van der Waals surface area contributed by atoms with E-state index in [1.54, 1.807) is 0 Å². The summed E-state index contributed by atoms with van der Waals surface area (Å²) in [6, 6.07) is 40.3. The van der Waals surface area contributed by atoms with Crippen LogP contribution in [-0.4, -0.2) is 11.4 Å². The van der Waals surface area contributed by atoms with E-state index in [1.165, 1.54) is 60.1 Å². The van der Waals surface area contributed by atoms with Gasteiger partial charge < -0.3 is 0 Å². The Labute approximate surface area is 252 Å². The Morgan fingerprint density at radius 1 is 0.535 bits per heavy atom. The van der Waals surface area contributed by atoms with Crippen molar-refractivity contribution in [3.8, 4) is 22.3 Å². The van der Waals surface area contributed by atoms with E-state index >= 15 is 0 Å². The van der Waals surface area contributed by atoms with E-state index in [9.17, 15) is 0 Å². The molecule has 2 nitrogen and oxygen atoms in total. The first-order valence-electron chi connectivity index (χ1n) is 15.3. The van der Waals surface area contributed by atoms with E-state index < -0.39 is 0 Å². The van der Waals surface area contributed by atoms with Gasteiger partial charge in [-0.2, -0.15) is 0 Å². The van der Waals surface area contributed by atoms with Crippen LogP contribution in [0.1, 0.15) is 36.8 Å². The third kappa shape index (κ3) is 4.60. The van der Waals surface area contributed by atoms with Crippen molar-refractivity contribution < 1.29 is 0 Å². The van der Waals surface area contributed by atoms with Crippen LogP contribution in [0.25, 0.3) is 60.3 Å². The van der Waals surface area contributed by atoms with E-state index in [0.717, 1.165) is 48.4 Å². The number of rotatable bonds is 4. The van der Waals surface area contributed by atoms with Gasteiger partial charge in [0.25, 0.3) is 0 Å². The molecule has 0 unspecified atom stereocenters. The smallest absolute Gasteiger partial charge is 0.0666 e. The zero-order chi connectivity index (χ0) is 28.8. The Kier molecular flexibility index (Phi) is 6.34. The van der Waals surface area contributed by atoms with Crippen molar-refractivity contribution in [3.63, 3.8) is 0 Å². The third-order valence-electron chi connectivity index (χ3n) is 8.85. The number of nitrogens with zero attached hydrogens (tertiary/aromatic N) is 2. The average molecular weight is 553 g/mol. The molecule has 0 spiro atoms. The Hall–Kier alpha value is -5.08. The minimum Gasteiger partial charge on any atom is -0.260 e. The van der Waals surface area contributed by atoms with Crippen molar-refractivity contribution in [2.75, 3.05) is 0 Å². The van der Waals surface area contributed by atoms with Gasteiger partial charge in [-0.25, -0.2) is 0 Å². The number of allylic oxidation sites excluding steroid dienone is 2. The molecule has 0 amide bonds. The van der Waals surface area contributed by atoms with Crippen molar-refractivity contribution in [1.29, 1.82) is 0 Å². The lowest BCUT2D eigenvalue weighted by Crippen LogP contribution is -2.17. The number of hydrogen-bond acceptors (Lipinski definition) is 2. The second-order valence-corrected chi connectivity index (χ2v) is 11.7. The van der Waals surface area contributed by atoms with Crippen LogP contribution in [0.5, 0.6) is 0 Å². The van der Waals surface area contributed by atoms with Gasteiger partial charge in [-0.3, -0.25) is 9.98 Å². The second-order valence-electron chi connectivity index (χ2n) is 11.7. The molecule has 0 N–H and O–H groups in total. The number of aryl methyl sites for hydroxylation is 1. The predicted octanol–water partition coefficient (Wildman–Crippen LogP) is 11.1. The van der Waals surface area contributed by atoms with Crippen molar-refractivity contribution >= 4 is 49.4 Å². The molecule has 0 saturated heterocycles. The van der Waals surface area contributed by atoms with Crippen molar-refractivity contribution in [2.24, 2.45) is 9.98 Å². The van der Waals surface area contributed by atoms with E-state index in [4.69, 9.17) is 4.99 Å². The SMILES string of the molecule is Cc1ccc2cc(-c3c4ccccc4c(-c4cccc(C5=CCCC(C6=NC=CCC6)=N5)c4)c4ccccc34)ccc2c1. The molecule has 2 heteroatoms. The number of hydrogen-bond donors (Lipinski definition) is 0. The molecule has 2 heterocycles. The molecule has 0 saturated carbocycles. The Balaban J connectivity index is 1.32. The standard InChI is InChI=1S/C41H32N2/c1-27-19-20-29-25-32(22-21-28(29)24-27)41-35-14-4-2-12-33(35)40(34-13-3-5-15-36(34)41)31-11-8-10-30(26-31)37-17-9-18-39(43-37)38-16-6-7-23-42-38/h2-5,7-8,10-15,17,19-26H,6,9,16,18H2,1H3. The van der Waals surface area contributed by atoms with Crippen LogP contribution in [0.3, 0.4) is 0 Å². The fraction of sp³-hybridized carbons (Fsp3) is 0.122. The summed E-state index contributed by atoms with van der Waals surface area (Å²) in [5.41, 5.74) is 10.8. The Morgan fingerprint density at radius 3 is 1.86 bits per heavy atom. The maximum atomic E-state index is 5.13. The quantitative estimate of drug-likeness (QED) is 0.194. The van der Waals surface area contributed by atoms with Gasteiger partial charge >= 0.3 is 0 Å². The maximum Gasteiger partial charge on any atom is 0.0666 e. The summed E-state index contributed by atoms with van der Waals surface area (Å²) in [5, 5.41) is 7.62. The third-order valence-corrected chi connectivity index (χ3v) is 8.85. The van der Waals surface area contributed by atoms with E-state index in [1.807, 2.05) is 6.20 Å². The molecule has 6 aromatic carbocycles. The minimum atomic E-state index is 0.959. The molecule has 0 bridgehead atoms. The summed E-state index contributed by atoms with van der Waals surface area (Å²) in [4.78, 5) is 9.78. The normalized spacial score (nSPS) is 15.0. The van der Waals surface area contributed by atoms with Gasteiger partial charge in [0.15, 0.2) is 0 Å². The van der Waals surface area contributed by atoms with E-state index in [-0.39, 0.29) is 0 Å². The summed E-state index contributed by atoms with van der Waals surface area (Å²) in [6.07, 6.45) is 10.3. The first-order valence-corrected chi connectivity index (χ1v) is 15.3. The summed E-state index contributed by atoms with van der Waals surface area (Å²) in [5.74, 6) is 0. The molecule has 0 fully saturated rings. The van der Waals surface area contributed by atoms with Crippen LogP contribution in [0.4, 0.5) is 0 Å². The highest BCUT2D eigenvalue weighted by Gasteiger charge is 2.19. The van der Waals surface area contributed by atoms with Crippen LogP contribution in [0, 0.1) is 6.92 Å². The lowest BCUT2D eigenvalue weighted by Gasteiger charge is -2.19. The molecular weight excluding hydrogens is 520 g/mol. The lowest BCUT2D eigenvalue weighted by atomic mass is 9.85. The van der Waals surface area contributed by atoms with Gasteiger partial charge in [-0.15, -0.1) is 0 Å². The number of benzene rings is 6. The molecule has 6 aromatic rings. The van der Waals surface area contributed by atoms with E-state index in [2.05, 4.69) is 133 Å². The Bertz CT molecular complexity index is 2130. The lowest BCUT2D eigenvalue weighted by molar-refractivity contribution is 1.04. The van der Waals surface area contributed by atoms with Crippen LogP contribution < -0.4 is 0 Å².